The van der Waals surface area contributed by atoms with Crippen LogP contribution < -0.4 is 15.4 Å². The zero-order valence-electron chi connectivity index (χ0n) is 20.7. The van der Waals surface area contributed by atoms with Crippen LogP contribution in [0.3, 0.4) is 0 Å². The molecule has 11 heteroatoms. The van der Waals surface area contributed by atoms with Crippen molar-refractivity contribution in [2.75, 3.05) is 0 Å². The molecule has 2 aliphatic rings. The van der Waals surface area contributed by atoms with Gasteiger partial charge in [-0.15, -0.1) is 0 Å². The Balaban J connectivity index is 1.37. The molecule has 204 valence electrons. The Kier molecular flexibility index (Phi) is 5.91. The van der Waals surface area contributed by atoms with E-state index < -0.39 is 52.9 Å². The van der Waals surface area contributed by atoms with Crippen LogP contribution in [0.25, 0.3) is 10.9 Å². The highest BCUT2D eigenvalue weighted by atomic mass is 19.4. The van der Waals surface area contributed by atoms with Gasteiger partial charge in [0.25, 0.3) is 0 Å². The molecule has 3 heterocycles. The number of hydrogen-bond acceptors (Lipinski definition) is 5. The number of amides is 2. The van der Waals surface area contributed by atoms with Crippen LogP contribution in [-0.2, 0) is 27.0 Å². The number of carbonyl (C=O) groups is 3. The largest absolute Gasteiger partial charge is 0.480 e. The molecule has 2 fully saturated rings. The highest BCUT2D eigenvalue weighted by molar-refractivity contribution is 6.09. The van der Waals surface area contributed by atoms with Gasteiger partial charge < -0.3 is 14.8 Å². The third-order valence-corrected chi connectivity index (χ3v) is 7.63. The van der Waals surface area contributed by atoms with Crippen molar-refractivity contribution in [3.05, 3.63) is 95.7 Å². The molecule has 2 saturated heterocycles. The quantitative estimate of drug-likeness (QED) is 0.262. The summed E-state index contributed by atoms with van der Waals surface area (Å²) in [6, 6.07) is 17.2. The SMILES string of the molecule is O=C1NC(=O)C2C1C(c1cccc(Oc3cccc(C(F)(F)F)c3)c1)NC2(Cc1c[nH]c2ccccc12)C(=O)O. The van der Waals surface area contributed by atoms with Crippen LogP contribution in [0.1, 0.15) is 22.7 Å². The van der Waals surface area contributed by atoms with E-state index in [-0.39, 0.29) is 17.9 Å². The number of aliphatic carboxylic acids is 1. The van der Waals surface area contributed by atoms with Gasteiger partial charge in [-0.05, 0) is 47.5 Å². The molecule has 0 saturated carbocycles. The van der Waals surface area contributed by atoms with Crippen LogP contribution in [0.15, 0.2) is 79.0 Å². The first kappa shape index (κ1) is 25.6. The Bertz CT molecular complexity index is 1670. The lowest BCUT2D eigenvalue weighted by atomic mass is 9.76. The summed E-state index contributed by atoms with van der Waals surface area (Å²) in [4.78, 5) is 42.0. The fourth-order valence-electron chi connectivity index (χ4n) is 5.87. The van der Waals surface area contributed by atoms with Crippen LogP contribution in [0.5, 0.6) is 11.5 Å². The number of hydrogen-bond donors (Lipinski definition) is 4. The van der Waals surface area contributed by atoms with E-state index in [1.54, 1.807) is 18.3 Å². The minimum Gasteiger partial charge on any atom is -0.480 e. The van der Waals surface area contributed by atoms with Crippen molar-refractivity contribution >= 4 is 28.7 Å². The lowest BCUT2D eigenvalue weighted by molar-refractivity contribution is -0.149. The van der Waals surface area contributed by atoms with Gasteiger partial charge in [0.1, 0.15) is 17.0 Å². The summed E-state index contributed by atoms with van der Waals surface area (Å²) in [5.74, 6) is -4.65. The Morgan fingerprint density at radius 1 is 0.950 bits per heavy atom. The molecule has 40 heavy (non-hydrogen) atoms. The molecule has 3 aromatic carbocycles. The second kappa shape index (κ2) is 9.23. The van der Waals surface area contributed by atoms with E-state index in [0.29, 0.717) is 11.1 Å². The van der Waals surface area contributed by atoms with Crippen LogP contribution in [0.2, 0.25) is 0 Å². The summed E-state index contributed by atoms with van der Waals surface area (Å²) in [6.07, 6.45) is -2.93. The van der Waals surface area contributed by atoms with E-state index in [1.165, 1.54) is 24.3 Å². The highest BCUT2D eigenvalue weighted by Crippen LogP contribution is 2.48. The van der Waals surface area contributed by atoms with Crippen LogP contribution in [0, 0.1) is 11.8 Å². The summed E-state index contributed by atoms with van der Waals surface area (Å²) in [5.41, 5.74) is -0.763. The number of imide groups is 1. The maximum Gasteiger partial charge on any atom is 0.416 e. The number of nitrogens with one attached hydrogen (secondary N) is 3. The highest BCUT2D eigenvalue weighted by Gasteiger charge is 2.66. The van der Waals surface area contributed by atoms with E-state index in [2.05, 4.69) is 15.6 Å². The van der Waals surface area contributed by atoms with Gasteiger partial charge in [-0.2, -0.15) is 13.2 Å². The molecule has 0 aliphatic carbocycles. The predicted molar refractivity (Wildman–Crippen MR) is 136 cm³/mol. The fourth-order valence-corrected chi connectivity index (χ4v) is 5.87. The number of rotatable bonds is 6. The van der Waals surface area contributed by atoms with Crippen LogP contribution >= 0.6 is 0 Å². The zero-order valence-corrected chi connectivity index (χ0v) is 20.7. The monoisotopic (exact) mass is 549 g/mol. The number of carboxylic acids is 1. The molecule has 0 spiro atoms. The summed E-state index contributed by atoms with van der Waals surface area (Å²) in [7, 11) is 0. The average molecular weight is 550 g/mol. The van der Waals surface area contributed by atoms with Gasteiger partial charge in [0.05, 0.1) is 17.4 Å². The molecule has 6 rings (SSSR count). The molecule has 8 nitrogen and oxygen atoms in total. The minimum atomic E-state index is -4.54. The Morgan fingerprint density at radius 3 is 2.42 bits per heavy atom. The number of aromatic nitrogens is 1. The first-order valence-electron chi connectivity index (χ1n) is 12.4. The Labute approximate surface area is 225 Å². The molecule has 2 amide bonds. The first-order chi connectivity index (χ1) is 19.1. The molecule has 0 radical (unpaired) electrons. The fraction of sp³-hybridized carbons (Fsp3) is 0.207. The topological polar surface area (TPSA) is 121 Å². The molecular formula is C29H22F3N3O5. The minimum absolute atomic E-state index is 0.0442. The number of alkyl halides is 3. The molecule has 2 aliphatic heterocycles. The predicted octanol–water partition coefficient (Wildman–Crippen LogP) is 4.58. The number of H-pyrrole nitrogens is 1. The van der Waals surface area contributed by atoms with Gasteiger partial charge in [-0.25, -0.2) is 0 Å². The first-order valence-corrected chi connectivity index (χ1v) is 12.4. The van der Waals surface area contributed by atoms with E-state index in [9.17, 15) is 32.7 Å². The molecule has 0 bridgehead atoms. The lowest BCUT2D eigenvalue weighted by Gasteiger charge is -2.30. The third-order valence-electron chi connectivity index (χ3n) is 7.63. The standard InChI is InChI=1S/C29H22F3N3O5/c30-29(31,32)17-6-4-8-19(12-17)40-18-7-3-5-15(11-18)24-22-23(26(37)34-25(22)36)28(35-24,27(38)39)13-16-14-33-21-10-2-1-9-20(16)21/h1-12,14,22-24,33,35H,13H2,(H,38,39)(H,34,36,37). The van der Waals surface area contributed by atoms with Crippen molar-refractivity contribution < 1.29 is 37.4 Å². The Morgan fingerprint density at radius 2 is 1.68 bits per heavy atom. The van der Waals surface area contributed by atoms with Crippen molar-refractivity contribution in [2.24, 2.45) is 11.8 Å². The summed E-state index contributed by atoms with van der Waals surface area (Å²) in [6.45, 7) is 0. The molecular weight excluding hydrogens is 527 g/mol. The number of para-hydroxylation sites is 1. The maximum absolute atomic E-state index is 13.1. The lowest BCUT2D eigenvalue weighted by Crippen LogP contribution is -2.57. The summed E-state index contributed by atoms with van der Waals surface area (Å²) in [5, 5.41) is 16.7. The van der Waals surface area contributed by atoms with Gasteiger partial charge in [0.15, 0.2) is 0 Å². The van der Waals surface area contributed by atoms with E-state index in [4.69, 9.17) is 4.74 Å². The van der Waals surface area contributed by atoms with Crippen molar-refractivity contribution in [3.8, 4) is 11.5 Å². The normalized spacial score (nSPS) is 24.2. The van der Waals surface area contributed by atoms with Crippen LogP contribution in [-0.4, -0.2) is 33.4 Å². The van der Waals surface area contributed by atoms with Gasteiger partial charge in [-0.1, -0.05) is 36.4 Å². The summed E-state index contributed by atoms with van der Waals surface area (Å²) < 4.78 is 45.1. The number of fused-ring (bicyclic) bond motifs is 2. The van der Waals surface area contributed by atoms with E-state index in [1.807, 2.05) is 24.3 Å². The van der Waals surface area contributed by atoms with Crippen molar-refractivity contribution in [3.63, 3.8) is 0 Å². The smallest absolute Gasteiger partial charge is 0.416 e. The number of halogens is 3. The number of aromatic amines is 1. The van der Waals surface area contributed by atoms with Gasteiger partial charge >= 0.3 is 12.1 Å². The Hall–Kier alpha value is -4.64. The number of benzene rings is 3. The molecule has 4 unspecified atom stereocenters. The second-order valence-corrected chi connectivity index (χ2v) is 9.99. The van der Waals surface area contributed by atoms with Gasteiger partial charge in [-0.3, -0.25) is 25.0 Å². The molecule has 4 aromatic rings. The van der Waals surface area contributed by atoms with Gasteiger partial charge in [0, 0.05) is 29.6 Å². The average Bonchev–Trinajstić information content (AvgIpc) is 3.57. The third kappa shape index (κ3) is 4.19. The number of carbonyl (C=O) groups excluding carboxylic acids is 2. The van der Waals surface area contributed by atoms with Gasteiger partial charge in [0.2, 0.25) is 11.8 Å². The summed E-state index contributed by atoms with van der Waals surface area (Å²) >= 11 is 0. The van der Waals surface area contributed by atoms with Crippen molar-refractivity contribution in [1.82, 2.24) is 15.6 Å². The molecule has 1 aromatic heterocycles. The molecule has 4 N–H and O–H groups in total. The van der Waals surface area contributed by atoms with Crippen molar-refractivity contribution in [2.45, 2.75) is 24.2 Å². The number of carboxylic acid groups (broad SMARTS) is 1. The molecule has 4 atom stereocenters. The number of ether oxygens (including phenoxy) is 1. The van der Waals surface area contributed by atoms with E-state index in [0.717, 1.165) is 23.0 Å². The maximum atomic E-state index is 13.1. The van der Waals surface area contributed by atoms with Crippen LogP contribution in [0.4, 0.5) is 13.2 Å². The zero-order chi connectivity index (χ0) is 28.2. The second-order valence-electron chi connectivity index (χ2n) is 9.99. The van der Waals surface area contributed by atoms with E-state index >= 15 is 0 Å². The van der Waals surface area contributed by atoms with Crippen molar-refractivity contribution in [1.29, 1.82) is 0 Å².